The molecule has 5 heteroatoms. The Hall–Kier alpha value is -2.40. The van der Waals surface area contributed by atoms with Gasteiger partial charge in [0.15, 0.2) is 5.11 Å². The Morgan fingerprint density at radius 2 is 1.76 bits per heavy atom. The lowest BCUT2D eigenvalue weighted by Gasteiger charge is -2.13. The minimum atomic E-state index is -0.206. The summed E-state index contributed by atoms with van der Waals surface area (Å²) in [4.78, 5) is 12.4. The van der Waals surface area contributed by atoms with Crippen LogP contribution in [0.3, 0.4) is 0 Å². The molecule has 4 N–H and O–H groups in total. The number of para-hydroxylation sites is 1. The van der Waals surface area contributed by atoms with Crippen LogP contribution < -0.4 is 16.4 Å². The number of benzene rings is 2. The Morgan fingerprint density at radius 1 is 1.05 bits per heavy atom. The zero-order valence-electron chi connectivity index (χ0n) is 11.9. The van der Waals surface area contributed by atoms with Gasteiger partial charge in [-0.3, -0.25) is 4.79 Å². The molecule has 0 spiro atoms. The van der Waals surface area contributed by atoms with Crippen molar-refractivity contribution in [2.75, 3.05) is 10.6 Å². The number of carbonyl (C=O) groups is 1. The van der Waals surface area contributed by atoms with Crippen LogP contribution in [0.15, 0.2) is 42.5 Å². The molecule has 0 aliphatic heterocycles. The number of aryl methyl sites for hydroxylation is 2. The molecular weight excluding hydrogens is 282 g/mol. The van der Waals surface area contributed by atoms with E-state index in [1.54, 1.807) is 18.2 Å². The van der Waals surface area contributed by atoms with Gasteiger partial charge < -0.3 is 16.4 Å². The summed E-state index contributed by atoms with van der Waals surface area (Å²) in [5.41, 5.74) is 9.45. The van der Waals surface area contributed by atoms with Crippen molar-refractivity contribution in [2.24, 2.45) is 5.73 Å². The Bertz CT molecular complexity index is 698. The topological polar surface area (TPSA) is 67.2 Å². The average Bonchev–Trinajstić information content (AvgIpc) is 2.42. The van der Waals surface area contributed by atoms with E-state index in [4.69, 9.17) is 18.0 Å². The Morgan fingerprint density at radius 3 is 2.48 bits per heavy atom. The molecule has 0 heterocycles. The van der Waals surface area contributed by atoms with Crippen LogP contribution in [0.4, 0.5) is 11.4 Å². The largest absolute Gasteiger partial charge is 0.376 e. The highest BCUT2D eigenvalue weighted by atomic mass is 32.1. The van der Waals surface area contributed by atoms with E-state index in [2.05, 4.69) is 10.6 Å². The molecule has 2 aromatic carbocycles. The summed E-state index contributed by atoms with van der Waals surface area (Å²) in [5.74, 6) is -0.206. The first-order valence-electron chi connectivity index (χ1n) is 6.51. The van der Waals surface area contributed by atoms with Crippen molar-refractivity contribution in [1.82, 2.24) is 0 Å². The zero-order valence-corrected chi connectivity index (χ0v) is 12.8. The van der Waals surface area contributed by atoms with Crippen LogP contribution in [0.2, 0.25) is 0 Å². The first-order valence-corrected chi connectivity index (χ1v) is 6.92. The summed E-state index contributed by atoms with van der Waals surface area (Å²) in [7, 11) is 0. The van der Waals surface area contributed by atoms with Gasteiger partial charge in [0.05, 0.1) is 11.3 Å². The molecule has 0 saturated heterocycles. The van der Waals surface area contributed by atoms with E-state index in [0.29, 0.717) is 11.3 Å². The van der Waals surface area contributed by atoms with Crippen LogP contribution in [0.5, 0.6) is 0 Å². The minimum absolute atomic E-state index is 0.127. The van der Waals surface area contributed by atoms with Crippen LogP contribution >= 0.6 is 12.2 Å². The average molecular weight is 299 g/mol. The number of nitrogens with two attached hydrogens (primary N) is 1. The molecule has 0 bridgehead atoms. The standard InChI is InChI=1S/C16H17N3OS/c1-10-7-8-11(2)14(9-10)18-15(20)12-5-3-4-6-13(12)19-16(17)21/h3-9H,1-2H3,(H,18,20)(H3,17,19,21). The molecule has 0 atom stereocenters. The normalized spacial score (nSPS) is 10.0. The number of anilines is 2. The molecule has 0 aliphatic carbocycles. The Balaban J connectivity index is 2.28. The van der Waals surface area contributed by atoms with E-state index in [1.807, 2.05) is 38.1 Å². The lowest BCUT2D eigenvalue weighted by atomic mass is 10.1. The van der Waals surface area contributed by atoms with E-state index in [9.17, 15) is 4.79 Å². The highest BCUT2D eigenvalue weighted by Crippen LogP contribution is 2.20. The lowest BCUT2D eigenvalue weighted by molar-refractivity contribution is 0.102. The highest BCUT2D eigenvalue weighted by molar-refractivity contribution is 7.80. The van der Waals surface area contributed by atoms with Gasteiger partial charge in [0.25, 0.3) is 5.91 Å². The molecule has 2 aromatic rings. The van der Waals surface area contributed by atoms with E-state index in [0.717, 1.165) is 16.8 Å². The maximum atomic E-state index is 12.4. The number of nitrogens with one attached hydrogen (secondary N) is 2. The van der Waals surface area contributed by atoms with Crippen LogP contribution in [0, 0.1) is 13.8 Å². The minimum Gasteiger partial charge on any atom is -0.376 e. The van der Waals surface area contributed by atoms with Gasteiger partial charge in [0, 0.05) is 5.69 Å². The third-order valence-corrected chi connectivity index (χ3v) is 3.17. The van der Waals surface area contributed by atoms with Gasteiger partial charge in [-0.2, -0.15) is 0 Å². The zero-order chi connectivity index (χ0) is 15.4. The fraction of sp³-hybridized carbons (Fsp3) is 0.125. The van der Waals surface area contributed by atoms with Crippen molar-refractivity contribution in [1.29, 1.82) is 0 Å². The number of amides is 1. The predicted octanol–water partition coefficient (Wildman–Crippen LogP) is 3.21. The molecule has 1 amide bonds. The van der Waals surface area contributed by atoms with E-state index < -0.39 is 0 Å². The van der Waals surface area contributed by atoms with Crippen LogP contribution in [0.1, 0.15) is 21.5 Å². The number of thiocarbonyl (C=S) groups is 1. The SMILES string of the molecule is Cc1ccc(C)c(NC(=O)c2ccccc2NC(N)=S)c1. The summed E-state index contributed by atoms with van der Waals surface area (Å²) < 4.78 is 0. The quantitative estimate of drug-likeness (QED) is 0.761. The maximum Gasteiger partial charge on any atom is 0.257 e. The Kier molecular flexibility index (Phi) is 4.55. The number of hydrogen-bond acceptors (Lipinski definition) is 2. The molecule has 2 rings (SSSR count). The van der Waals surface area contributed by atoms with E-state index in [1.165, 1.54) is 0 Å². The molecule has 21 heavy (non-hydrogen) atoms. The number of carbonyl (C=O) groups excluding carboxylic acids is 1. The van der Waals surface area contributed by atoms with Crippen molar-refractivity contribution < 1.29 is 4.79 Å². The van der Waals surface area contributed by atoms with Gasteiger partial charge >= 0.3 is 0 Å². The molecule has 0 saturated carbocycles. The summed E-state index contributed by atoms with van der Waals surface area (Å²) in [6, 6.07) is 13.0. The third kappa shape index (κ3) is 3.79. The van der Waals surface area contributed by atoms with Crippen molar-refractivity contribution in [3.63, 3.8) is 0 Å². The Labute approximate surface area is 129 Å². The van der Waals surface area contributed by atoms with Crippen molar-refractivity contribution in [3.8, 4) is 0 Å². The molecule has 0 fully saturated rings. The van der Waals surface area contributed by atoms with Gasteiger partial charge in [-0.25, -0.2) is 0 Å². The molecule has 0 aliphatic rings. The predicted molar refractivity (Wildman–Crippen MR) is 90.7 cm³/mol. The highest BCUT2D eigenvalue weighted by Gasteiger charge is 2.12. The van der Waals surface area contributed by atoms with Crippen LogP contribution in [0.25, 0.3) is 0 Å². The smallest absolute Gasteiger partial charge is 0.257 e. The number of rotatable bonds is 3. The second kappa shape index (κ2) is 6.37. The second-order valence-corrected chi connectivity index (χ2v) is 5.25. The van der Waals surface area contributed by atoms with Crippen molar-refractivity contribution >= 4 is 34.6 Å². The van der Waals surface area contributed by atoms with Gasteiger partial charge in [0.2, 0.25) is 0 Å². The van der Waals surface area contributed by atoms with Gasteiger partial charge in [0.1, 0.15) is 0 Å². The summed E-state index contributed by atoms with van der Waals surface area (Å²) >= 11 is 4.83. The van der Waals surface area contributed by atoms with Crippen LogP contribution in [-0.4, -0.2) is 11.0 Å². The maximum absolute atomic E-state index is 12.4. The third-order valence-electron chi connectivity index (χ3n) is 3.07. The molecule has 0 aromatic heterocycles. The first kappa shape index (κ1) is 15.0. The van der Waals surface area contributed by atoms with E-state index in [-0.39, 0.29) is 11.0 Å². The summed E-state index contributed by atoms with van der Waals surface area (Å²) in [5, 5.41) is 5.86. The van der Waals surface area contributed by atoms with E-state index >= 15 is 0 Å². The fourth-order valence-electron chi connectivity index (χ4n) is 1.98. The summed E-state index contributed by atoms with van der Waals surface area (Å²) in [6.45, 7) is 3.94. The monoisotopic (exact) mass is 299 g/mol. The second-order valence-electron chi connectivity index (χ2n) is 4.81. The molecule has 4 nitrogen and oxygen atoms in total. The molecule has 108 valence electrons. The fourth-order valence-corrected chi connectivity index (χ4v) is 2.09. The van der Waals surface area contributed by atoms with Crippen molar-refractivity contribution in [2.45, 2.75) is 13.8 Å². The molecule has 0 unspecified atom stereocenters. The summed E-state index contributed by atoms with van der Waals surface area (Å²) in [6.07, 6.45) is 0. The lowest BCUT2D eigenvalue weighted by Crippen LogP contribution is -2.22. The molecular formula is C16H17N3OS. The van der Waals surface area contributed by atoms with Crippen molar-refractivity contribution in [3.05, 3.63) is 59.2 Å². The van der Waals surface area contributed by atoms with Gasteiger partial charge in [-0.15, -0.1) is 0 Å². The molecule has 0 radical (unpaired) electrons. The first-order chi connectivity index (χ1) is 9.97. The van der Waals surface area contributed by atoms with Gasteiger partial charge in [-0.05, 0) is 55.4 Å². The van der Waals surface area contributed by atoms with Gasteiger partial charge in [-0.1, -0.05) is 24.3 Å². The van der Waals surface area contributed by atoms with Crippen LogP contribution in [-0.2, 0) is 0 Å². The number of hydrogen-bond donors (Lipinski definition) is 3.